The predicted octanol–water partition coefficient (Wildman–Crippen LogP) is 4.63. The number of fused-ring (bicyclic) bond motifs is 1. The molecule has 0 aliphatic rings. The van der Waals surface area contributed by atoms with Crippen LogP contribution in [-0.2, 0) is 6.42 Å². The third kappa shape index (κ3) is 2.74. The van der Waals surface area contributed by atoms with Crippen molar-refractivity contribution >= 4 is 22.2 Å². The van der Waals surface area contributed by atoms with Crippen LogP contribution in [0.1, 0.15) is 24.0 Å². The van der Waals surface area contributed by atoms with Crippen LogP contribution in [0.4, 0.5) is 4.39 Å². The van der Waals surface area contributed by atoms with Crippen LogP contribution in [0.2, 0.25) is 0 Å². The quantitative estimate of drug-likeness (QED) is 0.663. The van der Waals surface area contributed by atoms with Gasteiger partial charge in [-0.2, -0.15) is 0 Å². The highest BCUT2D eigenvalue weighted by molar-refractivity contribution is 7.13. The van der Waals surface area contributed by atoms with Gasteiger partial charge in [-0.15, -0.1) is 11.3 Å². The summed E-state index contributed by atoms with van der Waals surface area (Å²) in [5, 5.41) is 3.09. The molecule has 0 unspecified atom stereocenters. The first-order valence-electron chi connectivity index (χ1n) is 7.25. The number of aromatic nitrogens is 1. The molecular weight excluding hydrogens is 283 g/mol. The number of thiophene rings is 1. The van der Waals surface area contributed by atoms with Gasteiger partial charge in [0, 0.05) is 10.9 Å². The zero-order valence-corrected chi connectivity index (χ0v) is 12.9. The lowest BCUT2D eigenvalue weighted by atomic mass is 10.0. The predicted molar refractivity (Wildman–Crippen MR) is 88.3 cm³/mol. The van der Waals surface area contributed by atoms with Gasteiger partial charge in [0.15, 0.2) is 0 Å². The van der Waals surface area contributed by atoms with Crippen LogP contribution in [0.25, 0.3) is 21.5 Å². The number of nitrogens with one attached hydrogen (secondary N) is 1. The Morgan fingerprint density at radius 3 is 2.81 bits per heavy atom. The highest BCUT2D eigenvalue weighted by atomic mass is 32.1. The molecule has 3 aromatic rings. The molecule has 0 fully saturated rings. The van der Waals surface area contributed by atoms with Crippen LogP contribution in [0.3, 0.4) is 0 Å². The fraction of sp³-hybridized carbons (Fsp3) is 0.294. The molecule has 2 heterocycles. The van der Waals surface area contributed by atoms with Crippen molar-refractivity contribution in [2.75, 3.05) is 6.54 Å². The first kappa shape index (κ1) is 14.3. The summed E-state index contributed by atoms with van der Waals surface area (Å²) in [5.74, 6) is -0.184. The van der Waals surface area contributed by atoms with Crippen LogP contribution in [0.5, 0.6) is 0 Å². The second-order valence-electron chi connectivity index (χ2n) is 5.35. The van der Waals surface area contributed by atoms with Gasteiger partial charge >= 0.3 is 0 Å². The molecule has 1 aromatic carbocycles. The Labute approximate surface area is 127 Å². The molecule has 0 spiro atoms. The van der Waals surface area contributed by atoms with E-state index in [9.17, 15) is 4.39 Å². The van der Waals surface area contributed by atoms with Gasteiger partial charge in [-0.3, -0.25) is 0 Å². The lowest BCUT2D eigenvalue weighted by Gasteiger charge is -2.04. The normalized spacial score (nSPS) is 11.4. The van der Waals surface area contributed by atoms with Crippen molar-refractivity contribution in [2.45, 2.75) is 26.2 Å². The maximum atomic E-state index is 13.6. The molecule has 3 rings (SSSR count). The third-order valence-corrected chi connectivity index (χ3v) is 4.87. The second kappa shape index (κ2) is 6.00. The topological polar surface area (TPSA) is 41.8 Å². The highest BCUT2D eigenvalue weighted by Gasteiger charge is 2.15. The number of H-pyrrole nitrogens is 1. The molecule has 2 nitrogen and oxygen atoms in total. The van der Waals surface area contributed by atoms with Crippen molar-refractivity contribution < 1.29 is 4.39 Å². The fourth-order valence-corrected chi connectivity index (χ4v) is 3.70. The summed E-state index contributed by atoms with van der Waals surface area (Å²) in [6, 6.07) is 7.09. The molecule has 0 aliphatic carbocycles. The molecule has 0 saturated heterocycles. The summed E-state index contributed by atoms with van der Waals surface area (Å²) in [6.07, 6.45) is 2.94. The molecule has 110 valence electrons. The van der Waals surface area contributed by atoms with Gasteiger partial charge in [0.2, 0.25) is 0 Å². The molecule has 0 atom stereocenters. The summed E-state index contributed by atoms with van der Waals surface area (Å²) >= 11 is 1.73. The molecule has 0 radical (unpaired) electrons. The van der Waals surface area contributed by atoms with Gasteiger partial charge in [0.1, 0.15) is 5.82 Å². The maximum Gasteiger partial charge on any atom is 0.123 e. The summed E-state index contributed by atoms with van der Waals surface area (Å²) < 4.78 is 13.6. The largest absolute Gasteiger partial charge is 0.354 e. The van der Waals surface area contributed by atoms with E-state index in [2.05, 4.69) is 23.4 Å². The lowest BCUT2D eigenvalue weighted by molar-refractivity contribution is 0.629. The average Bonchev–Trinajstić information content (AvgIpc) is 3.03. The Bertz CT molecular complexity index is 757. The molecule has 0 aliphatic heterocycles. The number of halogens is 1. The minimum absolute atomic E-state index is 0.184. The van der Waals surface area contributed by atoms with Gasteiger partial charge in [-0.1, -0.05) is 0 Å². The van der Waals surface area contributed by atoms with Crippen molar-refractivity contribution in [3.63, 3.8) is 0 Å². The number of unbranched alkanes of at least 4 members (excludes halogenated alkanes) is 1. The summed E-state index contributed by atoms with van der Waals surface area (Å²) in [5.41, 5.74) is 10.2. The number of benzene rings is 1. The van der Waals surface area contributed by atoms with Crippen molar-refractivity contribution in [2.24, 2.45) is 5.73 Å². The van der Waals surface area contributed by atoms with Gasteiger partial charge in [-0.25, -0.2) is 4.39 Å². The van der Waals surface area contributed by atoms with E-state index >= 15 is 0 Å². The minimum Gasteiger partial charge on any atom is -0.354 e. The standard InChI is InChI=1S/C17H19FN2S/c1-11-7-9-21-17(11)16-13(4-2-3-8-19)14-10-12(18)5-6-15(14)20-16/h5-7,9-10,20H,2-4,8,19H2,1H3. The Balaban J connectivity index is 2.13. The van der Waals surface area contributed by atoms with Crippen molar-refractivity contribution in [1.29, 1.82) is 0 Å². The number of hydrogen-bond donors (Lipinski definition) is 2. The van der Waals surface area contributed by atoms with E-state index in [4.69, 9.17) is 5.73 Å². The molecule has 0 saturated carbocycles. The first-order chi connectivity index (χ1) is 10.2. The molecule has 4 heteroatoms. The van der Waals surface area contributed by atoms with E-state index in [0.29, 0.717) is 6.54 Å². The van der Waals surface area contributed by atoms with Gasteiger partial charge in [0.05, 0.1) is 10.6 Å². The zero-order valence-electron chi connectivity index (χ0n) is 12.1. The van der Waals surface area contributed by atoms with Gasteiger partial charge < -0.3 is 10.7 Å². The van der Waals surface area contributed by atoms with Crippen molar-refractivity contribution in [3.8, 4) is 10.6 Å². The SMILES string of the molecule is Cc1ccsc1-c1[nH]c2ccc(F)cc2c1CCCCN. The maximum absolute atomic E-state index is 13.6. The van der Waals surface area contributed by atoms with Crippen LogP contribution < -0.4 is 5.73 Å². The van der Waals surface area contributed by atoms with Gasteiger partial charge in [0.25, 0.3) is 0 Å². The van der Waals surface area contributed by atoms with Crippen molar-refractivity contribution in [1.82, 2.24) is 4.98 Å². The Hall–Kier alpha value is -1.65. The van der Waals surface area contributed by atoms with Crippen molar-refractivity contribution in [3.05, 3.63) is 46.6 Å². The van der Waals surface area contributed by atoms with E-state index in [1.165, 1.54) is 22.1 Å². The molecule has 0 amide bonds. The molecule has 2 aromatic heterocycles. The van der Waals surface area contributed by atoms with Crippen LogP contribution in [0, 0.1) is 12.7 Å². The smallest absolute Gasteiger partial charge is 0.123 e. The molecule has 3 N–H and O–H groups in total. The van der Waals surface area contributed by atoms with Gasteiger partial charge in [-0.05, 0) is 73.5 Å². The summed E-state index contributed by atoms with van der Waals surface area (Å²) in [7, 11) is 0. The number of aromatic amines is 1. The monoisotopic (exact) mass is 302 g/mol. The minimum atomic E-state index is -0.184. The molecule has 0 bridgehead atoms. The van der Waals surface area contributed by atoms with E-state index in [1.54, 1.807) is 17.4 Å². The lowest BCUT2D eigenvalue weighted by Crippen LogP contribution is -1.99. The number of aryl methyl sites for hydroxylation is 2. The first-order valence-corrected chi connectivity index (χ1v) is 8.13. The van der Waals surface area contributed by atoms with Crippen LogP contribution >= 0.6 is 11.3 Å². The van der Waals surface area contributed by atoms with E-state index < -0.39 is 0 Å². The Morgan fingerprint density at radius 2 is 2.10 bits per heavy atom. The highest BCUT2D eigenvalue weighted by Crippen LogP contribution is 2.36. The van der Waals surface area contributed by atoms with Crippen LogP contribution in [0.15, 0.2) is 29.6 Å². The van der Waals surface area contributed by atoms with E-state index in [-0.39, 0.29) is 5.82 Å². The Kier molecular flexibility index (Phi) is 4.08. The fourth-order valence-electron chi connectivity index (χ4n) is 2.75. The van der Waals surface area contributed by atoms with E-state index in [1.807, 2.05) is 6.07 Å². The number of rotatable bonds is 5. The summed E-state index contributed by atoms with van der Waals surface area (Å²) in [4.78, 5) is 4.72. The third-order valence-electron chi connectivity index (χ3n) is 3.84. The second-order valence-corrected chi connectivity index (χ2v) is 6.26. The number of hydrogen-bond acceptors (Lipinski definition) is 2. The molecular formula is C17H19FN2S. The number of nitrogens with two attached hydrogens (primary N) is 1. The summed E-state index contributed by atoms with van der Waals surface area (Å²) in [6.45, 7) is 2.81. The van der Waals surface area contributed by atoms with E-state index in [0.717, 1.165) is 35.9 Å². The zero-order chi connectivity index (χ0) is 14.8. The van der Waals surface area contributed by atoms with Crippen LogP contribution in [-0.4, -0.2) is 11.5 Å². The average molecular weight is 302 g/mol. The molecule has 21 heavy (non-hydrogen) atoms. The Morgan fingerprint density at radius 1 is 1.24 bits per heavy atom.